The average molecular weight is 594 g/mol. The Hall–Kier alpha value is -5.17. The Morgan fingerprint density at radius 2 is 1.86 bits per heavy atom. The second-order valence-electron chi connectivity index (χ2n) is 9.63. The Kier molecular flexibility index (Phi) is 8.17. The number of aromatic nitrogens is 2. The average Bonchev–Trinajstić information content (AvgIpc) is 3.46. The van der Waals surface area contributed by atoms with Crippen LogP contribution in [-0.4, -0.2) is 60.2 Å². The van der Waals surface area contributed by atoms with Gasteiger partial charge in [0.25, 0.3) is 5.91 Å². The summed E-state index contributed by atoms with van der Waals surface area (Å²) in [5, 5.41) is 3.31. The van der Waals surface area contributed by atoms with Crippen LogP contribution in [0, 0.1) is 6.92 Å². The van der Waals surface area contributed by atoms with E-state index < -0.39 is 18.1 Å². The maximum atomic E-state index is 12.9. The van der Waals surface area contributed by atoms with Crippen molar-refractivity contribution in [3.8, 4) is 22.4 Å². The molecule has 0 bridgehead atoms. The fraction of sp³-hybridized carbons (Fsp3) is 0.200. The van der Waals surface area contributed by atoms with Crippen LogP contribution in [0.15, 0.2) is 67.4 Å². The first-order valence-corrected chi connectivity index (χ1v) is 13.1. The lowest BCUT2D eigenvalue weighted by Crippen LogP contribution is -2.36. The third-order valence-electron chi connectivity index (χ3n) is 6.97. The van der Waals surface area contributed by atoms with E-state index in [1.165, 1.54) is 6.07 Å². The Morgan fingerprint density at radius 1 is 1.09 bits per heavy atom. The Bertz CT molecular complexity index is 1710. The zero-order chi connectivity index (χ0) is 30.7. The van der Waals surface area contributed by atoms with Gasteiger partial charge in [0.2, 0.25) is 5.91 Å². The topological polar surface area (TPSA) is 126 Å². The van der Waals surface area contributed by atoms with E-state index in [0.29, 0.717) is 54.2 Å². The van der Waals surface area contributed by atoms with E-state index in [0.717, 1.165) is 23.0 Å². The van der Waals surface area contributed by atoms with Gasteiger partial charge in [0, 0.05) is 41.6 Å². The van der Waals surface area contributed by atoms with Crippen molar-refractivity contribution in [2.24, 2.45) is 0 Å². The van der Waals surface area contributed by atoms with Gasteiger partial charge >= 0.3 is 12.1 Å². The molecule has 0 aliphatic carbocycles. The summed E-state index contributed by atoms with van der Waals surface area (Å²) in [6, 6.07) is 13.9. The number of halogens is 3. The van der Waals surface area contributed by atoms with Crippen molar-refractivity contribution in [2.45, 2.75) is 13.1 Å². The number of aromatic amines is 1. The first-order chi connectivity index (χ1) is 20.6. The number of anilines is 2. The number of morpholine rings is 1. The second-order valence-corrected chi connectivity index (χ2v) is 9.63. The number of hydroxylamine groups is 1. The Labute approximate surface area is 243 Å². The number of H-pyrrole nitrogens is 1. The van der Waals surface area contributed by atoms with E-state index in [9.17, 15) is 27.6 Å². The van der Waals surface area contributed by atoms with Crippen molar-refractivity contribution in [2.75, 3.05) is 36.5 Å². The van der Waals surface area contributed by atoms with Crippen LogP contribution in [0.2, 0.25) is 0 Å². The molecule has 0 saturated carbocycles. The standard InChI is InChI=1S/C30H26F3N5O5/c1-3-26(39)35-23-6-4-5-19(17(23)2)20-8-9-21(28(40)37-43-29(41)30(31,32)33)27-22(20)15-24(36-27)18-7-10-25(34-16-18)38-11-13-42-14-12-38/h3-10,15-16,36H,1,11-14H2,2H3,(H,35,39)(H,37,40). The molecule has 0 spiro atoms. The lowest BCUT2D eigenvalue weighted by molar-refractivity contribution is -0.204. The molecular weight excluding hydrogens is 567 g/mol. The number of hydrogen-bond acceptors (Lipinski definition) is 7. The molecule has 2 aromatic carbocycles. The number of alkyl halides is 3. The number of carbonyl (C=O) groups is 3. The first-order valence-electron chi connectivity index (χ1n) is 13.1. The molecule has 1 fully saturated rings. The lowest BCUT2D eigenvalue weighted by atomic mass is 9.94. The molecule has 2 amide bonds. The summed E-state index contributed by atoms with van der Waals surface area (Å²) in [6.07, 6.45) is -2.45. The number of amides is 2. The van der Waals surface area contributed by atoms with Gasteiger partial charge in [-0.2, -0.15) is 18.7 Å². The largest absolute Gasteiger partial charge is 0.493 e. The highest BCUT2D eigenvalue weighted by molar-refractivity contribution is 6.11. The summed E-state index contributed by atoms with van der Waals surface area (Å²) < 4.78 is 43.3. The molecule has 1 aliphatic rings. The molecule has 13 heteroatoms. The molecule has 0 radical (unpaired) electrons. The van der Waals surface area contributed by atoms with Gasteiger partial charge in [-0.3, -0.25) is 9.59 Å². The van der Waals surface area contributed by atoms with Crippen molar-refractivity contribution < 1.29 is 37.1 Å². The normalized spacial score (nSPS) is 13.4. The molecule has 222 valence electrons. The van der Waals surface area contributed by atoms with Gasteiger partial charge in [-0.25, -0.2) is 9.78 Å². The van der Waals surface area contributed by atoms with Crippen LogP contribution in [0.4, 0.5) is 24.7 Å². The van der Waals surface area contributed by atoms with E-state index in [2.05, 4.69) is 31.6 Å². The molecule has 1 saturated heterocycles. The maximum absolute atomic E-state index is 12.9. The highest BCUT2D eigenvalue weighted by Gasteiger charge is 2.42. The van der Waals surface area contributed by atoms with Gasteiger partial charge in [0.05, 0.1) is 24.3 Å². The summed E-state index contributed by atoms with van der Waals surface area (Å²) in [5.74, 6) is -3.22. The number of carbonyl (C=O) groups excluding carboxylic acids is 3. The van der Waals surface area contributed by atoms with Gasteiger partial charge in [0.1, 0.15) is 5.82 Å². The minimum Gasteiger partial charge on any atom is -0.378 e. The van der Waals surface area contributed by atoms with Crippen molar-refractivity contribution in [3.63, 3.8) is 0 Å². The van der Waals surface area contributed by atoms with Crippen LogP contribution >= 0.6 is 0 Å². The van der Waals surface area contributed by atoms with Crippen LogP contribution in [0.5, 0.6) is 0 Å². The fourth-order valence-electron chi connectivity index (χ4n) is 4.78. The molecule has 3 heterocycles. The predicted octanol–water partition coefficient (Wildman–Crippen LogP) is 4.92. The van der Waals surface area contributed by atoms with Gasteiger partial charge in [0.15, 0.2) is 0 Å². The molecular formula is C30H26F3N5O5. The van der Waals surface area contributed by atoms with Crippen molar-refractivity contribution >= 4 is 40.2 Å². The Morgan fingerprint density at radius 3 is 2.53 bits per heavy atom. The van der Waals surface area contributed by atoms with E-state index in [4.69, 9.17) is 4.74 Å². The monoisotopic (exact) mass is 593 g/mol. The van der Waals surface area contributed by atoms with Crippen molar-refractivity contribution in [1.29, 1.82) is 0 Å². The third kappa shape index (κ3) is 6.21. The number of pyridine rings is 1. The highest BCUT2D eigenvalue weighted by Crippen LogP contribution is 2.37. The van der Waals surface area contributed by atoms with E-state index in [1.807, 2.05) is 25.1 Å². The molecule has 0 atom stereocenters. The van der Waals surface area contributed by atoms with E-state index in [1.54, 1.807) is 35.9 Å². The number of hydrogen-bond donors (Lipinski definition) is 3. The maximum Gasteiger partial charge on any atom is 0.493 e. The van der Waals surface area contributed by atoms with Gasteiger partial charge in [-0.15, -0.1) is 0 Å². The second kappa shape index (κ2) is 12.0. The molecule has 2 aromatic heterocycles. The van der Waals surface area contributed by atoms with Crippen molar-refractivity contribution in [3.05, 3.63) is 78.5 Å². The van der Waals surface area contributed by atoms with Crippen LogP contribution in [0.3, 0.4) is 0 Å². The molecule has 4 aromatic rings. The molecule has 10 nitrogen and oxygen atoms in total. The first kappa shape index (κ1) is 29.3. The number of nitrogens with one attached hydrogen (secondary N) is 3. The lowest BCUT2D eigenvalue weighted by Gasteiger charge is -2.27. The summed E-state index contributed by atoms with van der Waals surface area (Å²) in [4.78, 5) is 49.9. The van der Waals surface area contributed by atoms with Gasteiger partial charge < -0.3 is 24.8 Å². The zero-order valence-corrected chi connectivity index (χ0v) is 22.9. The minimum absolute atomic E-state index is 0.0633. The zero-order valence-electron chi connectivity index (χ0n) is 22.9. The highest BCUT2D eigenvalue weighted by atomic mass is 19.4. The third-order valence-corrected chi connectivity index (χ3v) is 6.97. The minimum atomic E-state index is -5.28. The van der Waals surface area contributed by atoms with Crippen LogP contribution in [0.25, 0.3) is 33.3 Å². The number of benzene rings is 2. The van der Waals surface area contributed by atoms with Crippen LogP contribution in [0.1, 0.15) is 15.9 Å². The Balaban J connectivity index is 1.57. The van der Waals surface area contributed by atoms with Crippen molar-refractivity contribution in [1.82, 2.24) is 15.4 Å². The molecule has 1 aliphatic heterocycles. The number of rotatable bonds is 6. The van der Waals surface area contributed by atoms with E-state index in [-0.39, 0.29) is 17.0 Å². The number of fused-ring (bicyclic) bond motifs is 1. The quantitative estimate of drug-likeness (QED) is 0.214. The molecule has 3 N–H and O–H groups in total. The van der Waals surface area contributed by atoms with Crippen LogP contribution < -0.4 is 15.7 Å². The van der Waals surface area contributed by atoms with E-state index >= 15 is 0 Å². The van der Waals surface area contributed by atoms with Gasteiger partial charge in [-0.05, 0) is 60.0 Å². The number of ether oxygens (including phenoxy) is 1. The predicted molar refractivity (Wildman–Crippen MR) is 153 cm³/mol. The summed E-state index contributed by atoms with van der Waals surface area (Å²) in [6.45, 7) is 7.93. The molecule has 5 rings (SSSR count). The SMILES string of the molecule is C=CC(=O)Nc1cccc(-c2ccc(C(=O)NOC(=O)C(F)(F)F)c3[nH]c(-c4ccc(N5CCOCC5)nc4)cc23)c1C. The fourth-order valence-corrected chi connectivity index (χ4v) is 4.78. The summed E-state index contributed by atoms with van der Waals surface area (Å²) in [5.41, 5.74) is 5.76. The summed E-state index contributed by atoms with van der Waals surface area (Å²) in [7, 11) is 0. The van der Waals surface area contributed by atoms with Crippen LogP contribution in [-0.2, 0) is 19.2 Å². The smallest absolute Gasteiger partial charge is 0.378 e. The molecule has 0 unspecified atom stereocenters. The van der Waals surface area contributed by atoms with Gasteiger partial charge in [-0.1, -0.05) is 24.8 Å². The molecule has 43 heavy (non-hydrogen) atoms. The summed E-state index contributed by atoms with van der Waals surface area (Å²) >= 11 is 0. The number of nitrogens with zero attached hydrogens (tertiary/aromatic N) is 2.